The van der Waals surface area contributed by atoms with Crippen molar-refractivity contribution < 1.29 is 4.79 Å². The fraction of sp³-hybridized carbons (Fsp3) is 0.692. The topological polar surface area (TPSA) is 54.0 Å². The van der Waals surface area contributed by atoms with Crippen molar-refractivity contribution in [2.45, 2.75) is 40.5 Å². The average molecular weight is 269 g/mol. The van der Waals surface area contributed by atoms with E-state index in [0.29, 0.717) is 19.0 Å². The number of nitrogens with one attached hydrogen (secondary N) is 2. The zero-order chi connectivity index (χ0) is 13.5. The molecule has 1 rings (SSSR count). The highest BCUT2D eigenvalue weighted by molar-refractivity contribution is 7.11. The third-order valence-corrected chi connectivity index (χ3v) is 3.64. The van der Waals surface area contributed by atoms with Crippen LogP contribution in [0.3, 0.4) is 0 Å². The summed E-state index contributed by atoms with van der Waals surface area (Å²) in [6, 6.07) is -0.0901. The molecule has 0 saturated heterocycles. The average Bonchev–Trinajstić information content (AvgIpc) is 2.67. The number of rotatable bonds is 6. The summed E-state index contributed by atoms with van der Waals surface area (Å²) in [5.74, 6) is 0.476. The van der Waals surface area contributed by atoms with Crippen molar-refractivity contribution in [3.05, 3.63) is 15.6 Å². The summed E-state index contributed by atoms with van der Waals surface area (Å²) in [7, 11) is 0. The Hall–Kier alpha value is -1.10. The van der Waals surface area contributed by atoms with Gasteiger partial charge in [-0.25, -0.2) is 9.78 Å². The summed E-state index contributed by atoms with van der Waals surface area (Å²) in [6.07, 6.45) is 1.78. The highest BCUT2D eigenvalue weighted by Gasteiger charge is 2.06. The molecule has 0 aliphatic heterocycles. The molecule has 0 spiro atoms. The Morgan fingerprint density at radius 2 is 2.11 bits per heavy atom. The van der Waals surface area contributed by atoms with E-state index >= 15 is 0 Å². The summed E-state index contributed by atoms with van der Waals surface area (Å²) < 4.78 is 0. The first-order valence-corrected chi connectivity index (χ1v) is 7.31. The predicted octanol–water partition coefficient (Wildman–Crippen LogP) is 2.51. The lowest BCUT2D eigenvalue weighted by Gasteiger charge is -2.08. The van der Waals surface area contributed by atoms with Crippen LogP contribution in [0.1, 0.15) is 36.3 Å². The van der Waals surface area contributed by atoms with E-state index in [4.69, 9.17) is 0 Å². The van der Waals surface area contributed by atoms with Crippen LogP contribution in [0.4, 0.5) is 4.79 Å². The number of amides is 2. The van der Waals surface area contributed by atoms with E-state index in [0.717, 1.165) is 17.8 Å². The fourth-order valence-corrected chi connectivity index (χ4v) is 2.59. The molecule has 102 valence electrons. The SMILES string of the molecule is CCc1nc(CCNC(=O)NCC(C)C)sc1C. The molecule has 0 fully saturated rings. The number of nitrogens with zero attached hydrogens (tertiary/aromatic N) is 1. The molecule has 1 heterocycles. The first-order valence-electron chi connectivity index (χ1n) is 6.49. The van der Waals surface area contributed by atoms with Gasteiger partial charge < -0.3 is 10.6 Å². The van der Waals surface area contributed by atoms with Gasteiger partial charge in [0, 0.05) is 24.4 Å². The van der Waals surface area contributed by atoms with Gasteiger partial charge in [-0.1, -0.05) is 20.8 Å². The van der Waals surface area contributed by atoms with E-state index in [-0.39, 0.29) is 6.03 Å². The number of hydrogen-bond acceptors (Lipinski definition) is 3. The Labute approximate surface area is 113 Å². The molecule has 0 aliphatic carbocycles. The molecule has 0 unspecified atom stereocenters. The third-order valence-electron chi connectivity index (χ3n) is 2.57. The number of hydrogen-bond donors (Lipinski definition) is 2. The summed E-state index contributed by atoms with van der Waals surface area (Å²) >= 11 is 1.73. The minimum Gasteiger partial charge on any atom is -0.338 e. The lowest BCUT2D eigenvalue weighted by Crippen LogP contribution is -2.38. The number of urea groups is 1. The monoisotopic (exact) mass is 269 g/mol. The molecule has 0 atom stereocenters. The van der Waals surface area contributed by atoms with Crippen LogP contribution in [0, 0.1) is 12.8 Å². The minimum atomic E-state index is -0.0901. The number of carbonyl (C=O) groups excluding carboxylic acids is 1. The van der Waals surface area contributed by atoms with Crippen molar-refractivity contribution in [1.82, 2.24) is 15.6 Å². The van der Waals surface area contributed by atoms with Gasteiger partial charge in [0.1, 0.15) is 0 Å². The maximum Gasteiger partial charge on any atom is 0.314 e. The van der Waals surface area contributed by atoms with Gasteiger partial charge in [0.15, 0.2) is 0 Å². The molecule has 18 heavy (non-hydrogen) atoms. The van der Waals surface area contributed by atoms with Crippen LogP contribution in [-0.4, -0.2) is 24.1 Å². The molecular formula is C13H23N3OS. The van der Waals surface area contributed by atoms with E-state index in [1.54, 1.807) is 11.3 Å². The van der Waals surface area contributed by atoms with E-state index < -0.39 is 0 Å². The van der Waals surface area contributed by atoms with Crippen LogP contribution >= 0.6 is 11.3 Å². The van der Waals surface area contributed by atoms with Crippen molar-refractivity contribution >= 4 is 17.4 Å². The largest absolute Gasteiger partial charge is 0.338 e. The van der Waals surface area contributed by atoms with Crippen molar-refractivity contribution in [3.63, 3.8) is 0 Å². The van der Waals surface area contributed by atoms with Crippen LogP contribution in [0.2, 0.25) is 0 Å². The molecule has 0 radical (unpaired) electrons. The molecule has 5 heteroatoms. The third kappa shape index (κ3) is 5.04. The minimum absolute atomic E-state index is 0.0901. The number of carbonyl (C=O) groups is 1. The smallest absolute Gasteiger partial charge is 0.314 e. The van der Waals surface area contributed by atoms with E-state index in [9.17, 15) is 4.79 Å². The Bertz CT molecular complexity index is 388. The molecule has 2 amide bonds. The summed E-state index contributed by atoms with van der Waals surface area (Å²) in [5.41, 5.74) is 1.18. The van der Waals surface area contributed by atoms with Crippen molar-refractivity contribution in [2.75, 3.05) is 13.1 Å². The molecule has 0 aliphatic rings. The first-order chi connectivity index (χ1) is 8.52. The van der Waals surface area contributed by atoms with E-state index in [1.807, 2.05) is 0 Å². The summed E-state index contributed by atoms with van der Waals surface area (Å²) in [5, 5.41) is 6.78. The first kappa shape index (κ1) is 15.0. The standard InChI is InChI=1S/C13H23N3OS/c1-5-11-10(4)18-12(16-11)6-7-14-13(17)15-8-9(2)3/h9H,5-8H2,1-4H3,(H2,14,15,17). The van der Waals surface area contributed by atoms with Gasteiger partial charge in [-0.3, -0.25) is 0 Å². The molecular weight excluding hydrogens is 246 g/mol. The van der Waals surface area contributed by atoms with Crippen LogP contribution in [-0.2, 0) is 12.8 Å². The Morgan fingerprint density at radius 3 is 2.67 bits per heavy atom. The highest BCUT2D eigenvalue weighted by Crippen LogP contribution is 2.17. The van der Waals surface area contributed by atoms with Crippen LogP contribution in [0.5, 0.6) is 0 Å². The number of thiazole rings is 1. The Kier molecular flexibility index (Phi) is 6.12. The van der Waals surface area contributed by atoms with E-state index in [2.05, 4.69) is 43.3 Å². The fourth-order valence-electron chi connectivity index (χ4n) is 1.56. The van der Waals surface area contributed by atoms with Crippen molar-refractivity contribution in [1.29, 1.82) is 0 Å². The van der Waals surface area contributed by atoms with Gasteiger partial charge in [-0.05, 0) is 19.3 Å². The molecule has 0 bridgehead atoms. The van der Waals surface area contributed by atoms with Crippen LogP contribution in [0.25, 0.3) is 0 Å². The molecule has 4 nitrogen and oxygen atoms in total. The molecule has 0 saturated carbocycles. The second kappa shape index (κ2) is 7.36. The predicted molar refractivity (Wildman–Crippen MR) is 76.2 cm³/mol. The molecule has 0 aromatic carbocycles. The Balaban J connectivity index is 2.26. The lowest BCUT2D eigenvalue weighted by atomic mass is 10.2. The maximum absolute atomic E-state index is 11.4. The van der Waals surface area contributed by atoms with Gasteiger partial charge in [0.05, 0.1) is 10.7 Å². The van der Waals surface area contributed by atoms with Crippen molar-refractivity contribution in [2.24, 2.45) is 5.92 Å². The molecule has 1 aromatic heterocycles. The second-order valence-electron chi connectivity index (χ2n) is 4.74. The maximum atomic E-state index is 11.4. The lowest BCUT2D eigenvalue weighted by molar-refractivity contribution is 0.239. The highest BCUT2D eigenvalue weighted by atomic mass is 32.1. The zero-order valence-electron chi connectivity index (χ0n) is 11.7. The number of aryl methyl sites for hydroxylation is 2. The zero-order valence-corrected chi connectivity index (χ0v) is 12.5. The molecule has 2 N–H and O–H groups in total. The summed E-state index contributed by atoms with van der Waals surface area (Å²) in [6.45, 7) is 9.71. The normalized spacial score (nSPS) is 10.7. The van der Waals surface area contributed by atoms with Gasteiger partial charge in [0.2, 0.25) is 0 Å². The van der Waals surface area contributed by atoms with Crippen molar-refractivity contribution in [3.8, 4) is 0 Å². The number of aromatic nitrogens is 1. The van der Waals surface area contributed by atoms with Crippen LogP contribution < -0.4 is 10.6 Å². The van der Waals surface area contributed by atoms with Crippen LogP contribution in [0.15, 0.2) is 0 Å². The quantitative estimate of drug-likeness (QED) is 0.833. The van der Waals surface area contributed by atoms with Gasteiger partial charge in [-0.2, -0.15) is 0 Å². The second-order valence-corrected chi connectivity index (χ2v) is 6.03. The van der Waals surface area contributed by atoms with E-state index in [1.165, 1.54) is 10.6 Å². The summed E-state index contributed by atoms with van der Waals surface area (Å²) in [4.78, 5) is 17.3. The van der Waals surface area contributed by atoms with Gasteiger partial charge >= 0.3 is 6.03 Å². The Morgan fingerprint density at radius 1 is 1.39 bits per heavy atom. The van der Waals surface area contributed by atoms with Gasteiger partial charge in [0.25, 0.3) is 0 Å². The van der Waals surface area contributed by atoms with Gasteiger partial charge in [-0.15, -0.1) is 11.3 Å². The molecule has 1 aromatic rings.